The Balaban J connectivity index is 1.99. The number of para-hydroxylation sites is 1. The zero-order valence-electron chi connectivity index (χ0n) is 15.4. The quantitative estimate of drug-likeness (QED) is 0.384. The van der Waals surface area contributed by atoms with Crippen molar-refractivity contribution in [3.63, 3.8) is 0 Å². The van der Waals surface area contributed by atoms with Crippen molar-refractivity contribution in [2.75, 3.05) is 25.2 Å². The van der Waals surface area contributed by atoms with Crippen molar-refractivity contribution >= 4 is 17.7 Å². The molecule has 0 aliphatic heterocycles. The molecule has 1 aromatic carbocycles. The van der Waals surface area contributed by atoms with E-state index < -0.39 is 6.10 Å². The van der Waals surface area contributed by atoms with E-state index in [9.17, 15) is 9.90 Å². The van der Waals surface area contributed by atoms with Crippen LogP contribution in [-0.2, 0) is 16.0 Å². The molecule has 0 aromatic heterocycles. The van der Waals surface area contributed by atoms with Gasteiger partial charge in [-0.2, -0.15) is 11.8 Å². The first kappa shape index (κ1) is 20.7. The molecule has 1 aromatic rings. The van der Waals surface area contributed by atoms with Crippen LogP contribution >= 0.6 is 11.8 Å². The molecule has 0 heterocycles. The third-order valence-electron chi connectivity index (χ3n) is 4.67. The highest BCUT2D eigenvalue weighted by atomic mass is 32.2. The second kappa shape index (κ2) is 11.2. The van der Waals surface area contributed by atoms with E-state index >= 15 is 0 Å². The highest BCUT2D eigenvalue weighted by molar-refractivity contribution is 7.99. The van der Waals surface area contributed by atoms with Crippen molar-refractivity contribution in [2.45, 2.75) is 50.5 Å². The first-order valence-corrected chi connectivity index (χ1v) is 10.3. The second-order valence-electron chi connectivity index (χ2n) is 6.57. The van der Waals surface area contributed by atoms with Gasteiger partial charge in [0.2, 0.25) is 0 Å². The van der Waals surface area contributed by atoms with Gasteiger partial charge in [-0.3, -0.25) is 4.79 Å². The predicted molar refractivity (Wildman–Crippen MR) is 106 cm³/mol. The number of esters is 1. The lowest BCUT2D eigenvalue weighted by Crippen LogP contribution is -2.16. The van der Waals surface area contributed by atoms with Crippen LogP contribution in [0.2, 0.25) is 0 Å². The molecule has 142 valence electrons. The Morgan fingerprint density at radius 1 is 1.42 bits per heavy atom. The molecule has 0 saturated heterocycles. The first-order valence-electron chi connectivity index (χ1n) is 9.16. The number of benzene rings is 1. The molecule has 1 atom stereocenters. The van der Waals surface area contributed by atoms with E-state index in [1.165, 1.54) is 38.4 Å². The van der Waals surface area contributed by atoms with Crippen molar-refractivity contribution in [2.24, 2.45) is 0 Å². The van der Waals surface area contributed by atoms with Gasteiger partial charge >= 0.3 is 5.97 Å². The maximum absolute atomic E-state index is 11.1. The summed E-state index contributed by atoms with van der Waals surface area (Å²) in [5.74, 6) is 4.91. The SMILES string of the molecule is C#CCOc1c(CC(O)CSCCC(=O)OC)cccc1C1CCCC1. The normalized spacial score (nSPS) is 15.4. The van der Waals surface area contributed by atoms with Crippen LogP contribution in [0.5, 0.6) is 5.75 Å². The summed E-state index contributed by atoms with van der Waals surface area (Å²) in [4.78, 5) is 11.1. The van der Waals surface area contributed by atoms with Crippen molar-refractivity contribution in [3.05, 3.63) is 29.3 Å². The van der Waals surface area contributed by atoms with Crippen LogP contribution in [0.4, 0.5) is 0 Å². The van der Waals surface area contributed by atoms with E-state index in [0.717, 1.165) is 11.3 Å². The number of thioether (sulfide) groups is 1. The summed E-state index contributed by atoms with van der Waals surface area (Å²) in [6.45, 7) is 0.237. The molecule has 2 rings (SSSR count). The van der Waals surface area contributed by atoms with Gasteiger partial charge in [0.1, 0.15) is 12.4 Å². The van der Waals surface area contributed by atoms with Gasteiger partial charge in [0.25, 0.3) is 0 Å². The third-order valence-corrected chi connectivity index (χ3v) is 5.78. The van der Waals surface area contributed by atoms with Crippen LogP contribution in [-0.4, -0.2) is 42.4 Å². The number of methoxy groups -OCH3 is 1. The summed E-state index contributed by atoms with van der Waals surface area (Å²) >= 11 is 1.55. The Morgan fingerprint density at radius 3 is 2.88 bits per heavy atom. The van der Waals surface area contributed by atoms with Crippen LogP contribution in [0, 0.1) is 12.3 Å². The summed E-state index contributed by atoms with van der Waals surface area (Å²) in [6.07, 6.45) is 10.6. The number of aliphatic hydroxyl groups is 1. The van der Waals surface area contributed by atoms with Gasteiger partial charge < -0.3 is 14.6 Å². The molecule has 1 N–H and O–H groups in total. The van der Waals surface area contributed by atoms with Gasteiger partial charge in [-0.1, -0.05) is 37.0 Å². The van der Waals surface area contributed by atoms with Crippen molar-refractivity contribution in [1.29, 1.82) is 0 Å². The van der Waals surface area contributed by atoms with Gasteiger partial charge in [-0.25, -0.2) is 0 Å². The minimum Gasteiger partial charge on any atom is -0.480 e. The standard InChI is InChI=1S/C21H28O4S/c1-3-12-25-21-17(9-6-10-19(21)16-7-4-5-8-16)14-18(22)15-26-13-11-20(23)24-2/h1,6,9-10,16,18,22H,4-5,7-8,11-15H2,2H3. The Morgan fingerprint density at radius 2 is 2.19 bits per heavy atom. The molecule has 0 radical (unpaired) electrons. The Kier molecular flexibility index (Phi) is 8.87. The van der Waals surface area contributed by atoms with Crippen molar-refractivity contribution in [1.82, 2.24) is 0 Å². The zero-order chi connectivity index (χ0) is 18.8. The molecule has 0 bridgehead atoms. The first-order chi connectivity index (χ1) is 12.7. The summed E-state index contributed by atoms with van der Waals surface area (Å²) in [5, 5.41) is 10.4. The zero-order valence-corrected chi connectivity index (χ0v) is 16.2. The van der Waals surface area contributed by atoms with E-state index in [2.05, 4.69) is 16.7 Å². The monoisotopic (exact) mass is 376 g/mol. The molecule has 1 unspecified atom stereocenters. The number of rotatable bonds is 10. The molecule has 1 saturated carbocycles. The summed E-state index contributed by atoms with van der Waals surface area (Å²) < 4.78 is 10.5. The van der Waals surface area contributed by atoms with Gasteiger partial charge in [0.15, 0.2) is 0 Å². The average molecular weight is 377 g/mol. The lowest BCUT2D eigenvalue weighted by Gasteiger charge is -2.20. The average Bonchev–Trinajstić information content (AvgIpc) is 3.18. The smallest absolute Gasteiger partial charge is 0.306 e. The number of terminal acetylenes is 1. The largest absolute Gasteiger partial charge is 0.480 e. The molecule has 1 aliphatic carbocycles. The van der Waals surface area contributed by atoms with Crippen LogP contribution in [0.3, 0.4) is 0 Å². The van der Waals surface area contributed by atoms with Crippen LogP contribution in [0.15, 0.2) is 18.2 Å². The number of hydrogen-bond donors (Lipinski definition) is 1. The van der Waals surface area contributed by atoms with E-state index in [1.807, 2.05) is 12.1 Å². The van der Waals surface area contributed by atoms with E-state index in [4.69, 9.17) is 11.2 Å². The fourth-order valence-corrected chi connectivity index (χ4v) is 4.27. The fraction of sp³-hybridized carbons (Fsp3) is 0.571. The van der Waals surface area contributed by atoms with Crippen molar-refractivity contribution in [3.8, 4) is 18.1 Å². The molecule has 0 spiro atoms. The van der Waals surface area contributed by atoms with E-state index in [1.54, 1.807) is 11.8 Å². The van der Waals surface area contributed by atoms with Crippen LogP contribution in [0.1, 0.15) is 49.1 Å². The second-order valence-corrected chi connectivity index (χ2v) is 7.72. The van der Waals surface area contributed by atoms with E-state index in [0.29, 0.717) is 30.3 Å². The molecule has 26 heavy (non-hydrogen) atoms. The fourth-order valence-electron chi connectivity index (χ4n) is 3.40. The molecular weight excluding hydrogens is 348 g/mol. The molecular formula is C21H28O4S. The number of hydrogen-bond acceptors (Lipinski definition) is 5. The van der Waals surface area contributed by atoms with Gasteiger partial charge in [-0.05, 0) is 29.9 Å². The molecule has 5 heteroatoms. The van der Waals surface area contributed by atoms with Gasteiger partial charge in [0.05, 0.1) is 19.6 Å². The Labute approximate surface area is 160 Å². The van der Waals surface area contributed by atoms with Gasteiger partial charge in [-0.15, -0.1) is 6.42 Å². The third kappa shape index (κ3) is 6.26. The number of ether oxygens (including phenoxy) is 2. The van der Waals surface area contributed by atoms with Gasteiger partial charge in [0, 0.05) is 17.9 Å². The highest BCUT2D eigenvalue weighted by Crippen LogP contribution is 2.40. The van der Waals surface area contributed by atoms with Crippen LogP contribution < -0.4 is 4.74 Å². The lowest BCUT2D eigenvalue weighted by atomic mass is 9.93. The lowest BCUT2D eigenvalue weighted by molar-refractivity contribution is -0.140. The Hall–Kier alpha value is -1.64. The molecule has 0 amide bonds. The molecule has 1 fully saturated rings. The molecule has 4 nitrogen and oxygen atoms in total. The molecule has 1 aliphatic rings. The minimum absolute atomic E-state index is 0.221. The minimum atomic E-state index is -0.496. The maximum Gasteiger partial charge on any atom is 0.306 e. The number of aliphatic hydroxyl groups excluding tert-OH is 1. The summed E-state index contributed by atoms with van der Waals surface area (Å²) in [5.41, 5.74) is 2.23. The summed E-state index contributed by atoms with van der Waals surface area (Å²) in [7, 11) is 1.39. The topological polar surface area (TPSA) is 55.8 Å². The van der Waals surface area contributed by atoms with Crippen LogP contribution in [0.25, 0.3) is 0 Å². The van der Waals surface area contributed by atoms with E-state index in [-0.39, 0.29) is 12.6 Å². The number of carbonyl (C=O) groups excluding carboxylic acids is 1. The Bertz CT molecular complexity index is 617. The maximum atomic E-state index is 11.1. The number of carbonyl (C=O) groups is 1. The summed E-state index contributed by atoms with van der Waals surface area (Å²) in [6, 6.07) is 6.18. The predicted octanol–water partition coefficient (Wildman–Crippen LogP) is 3.56. The highest BCUT2D eigenvalue weighted by Gasteiger charge is 2.23. The van der Waals surface area contributed by atoms with Crippen molar-refractivity contribution < 1.29 is 19.4 Å².